The zero-order valence-electron chi connectivity index (χ0n) is 16.5. The summed E-state index contributed by atoms with van der Waals surface area (Å²) in [6.07, 6.45) is 2.75. The second-order valence-corrected chi connectivity index (χ2v) is 7.97. The lowest BCUT2D eigenvalue weighted by Crippen LogP contribution is -2.45. The molecule has 1 aromatic rings. The van der Waals surface area contributed by atoms with E-state index in [9.17, 15) is 4.79 Å². The zero-order valence-corrected chi connectivity index (χ0v) is 16.5. The molecular formula is C21H34N2O2. The summed E-state index contributed by atoms with van der Waals surface area (Å²) in [5.41, 5.74) is 1.78. The Balaban J connectivity index is 1.70. The van der Waals surface area contributed by atoms with E-state index in [1.54, 1.807) is 0 Å². The molecule has 1 N–H and O–H groups in total. The molecule has 2 rings (SSSR count). The molecule has 1 amide bonds. The zero-order chi connectivity index (χ0) is 18.4. The predicted octanol–water partition coefficient (Wildman–Crippen LogP) is 3.28. The second-order valence-electron chi connectivity index (χ2n) is 7.97. The lowest BCUT2D eigenvalue weighted by Gasteiger charge is -2.35. The maximum atomic E-state index is 12.6. The van der Waals surface area contributed by atoms with Crippen molar-refractivity contribution in [3.05, 3.63) is 35.4 Å². The van der Waals surface area contributed by atoms with Crippen molar-refractivity contribution in [2.24, 2.45) is 0 Å². The van der Waals surface area contributed by atoms with Crippen LogP contribution in [0.2, 0.25) is 0 Å². The molecule has 2 atom stereocenters. The van der Waals surface area contributed by atoms with Crippen LogP contribution in [0.3, 0.4) is 0 Å². The largest absolute Gasteiger partial charge is 0.373 e. The number of carbonyl (C=O) groups excluding carboxylic acids is 1. The van der Waals surface area contributed by atoms with Crippen LogP contribution in [0.25, 0.3) is 0 Å². The third-order valence-corrected chi connectivity index (χ3v) is 5.02. The van der Waals surface area contributed by atoms with Gasteiger partial charge in [0, 0.05) is 19.6 Å². The number of hydrogen-bond donors (Lipinski definition) is 1. The number of hydrogen-bond acceptors (Lipinski definition) is 3. The van der Waals surface area contributed by atoms with E-state index in [4.69, 9.17) is 4.74 Å². The quantitative estimate of drug-likeness (QED) is 0.771. The molecule has 1 aliphatic heterocycles. The molecule has 1 aromatic carbocycles. The van der Waals surface area contributed by atoms with E-state index in [-0.39, 0.29) is 5.91 Å². The summed E-state index contributed by atoms with van der Waals surface area (Å²) in [7, 11) is 0. The Kier molecular flexibility index (Phi) is 7.03. The van der Waals surface area contributed by atoms with Gasteiger partial charge in [-0.1, -0.05) is 29.8 Å². The Hall–Kier alpha value is -1.39. The number of nitrogens with one attached hydrogen (secondary N) is 1. The first kappa shape index (κ1) is 19.9. The van der Waals surface area contributed by atoms with Crippen LogP contribution in [-0.4, -0.2) is 49.2 Å². The third-order valence-electron chi connectivity index (χ3n) is 5.02. The SMILES string of the molecule is Cc1ccc(C(C)(C)C(=O)NCCCCN2C[C@@H](C)O[C@H](C)C2)cc1. The first-order chi connectivity index (χ1) is 11.8. The molecule has 1 heterocycles. The van der Waals surface area contributed by atoms with E-state index >= 15 is 0 Å². The highest BCUT2D eigenvalue weighted by atomic mass is 16.5. The van der Waals surface area contributed by atoms with E-state index in [1.165, 1.54) is 5.56 Å². The van der Waals surface area contributed by atoms with Crippen LogP contribution in [0.4, 0.5) is 0 Å². The number of amides is 1. The van der Waals surface area contributed by atoms with Crippen molar-refractivity contribution in [2.75, 3.05) is 26.2 Å². The molecule has 25 heavy (non-hydrogen) atoms. The lowest BCUT2D eigenvalue weighted by molar-refractivity contribution is -0.125. The maximum Gasteiger partial charge on any atom is 0.230 e. The molecule has 0 spiro atoms. The molecule has 1 aliphatic rings. The number of benzene rings is 1. The van der Waals surface area contributed by atoms with Crippen LogP contribution in [0.1, 0.15) is 51.7 Å². The van der Waals surface area contributed by atoms with Gasteiger partial charge in [0.25, 0.3) is 0 Å². The van der Waals surface area contributed by atoms with Gasteiger partial charge < -0.3 is 10.1 Å². The standard InChI is InChI=1S/C21H34N2O2/c1-16-8-10-19(11-9-16)21(4,5)20(24)22-12-6-7-13-23-14-17(2)25-18(3)15-23/h8-11,17-18H,6-7,12-15H2,1-5H3,(H,22,24)/t17-,18-/m1/s1. The van der Waals surface area contributed by atoms with Gasteiger partial charge in [-0.2, -0.15) is 0 Å². The van der Waals surface area contributed by atoms with Gasteiger partial charge in [0.1, 0.15) is 0 Å². The predicted molar refractivity (Wildman–Crippen MR) is 103 cm³/mol. The van der Waals surface area contributed by atoms with Crippen molar-refractivity contribution in [3.8, 4) is 0 Å². The van der Waals surface area contributed by atoms with Gasteiger partial charge in [0.2, 0.25) is 5.91 Å². The molecule has 1 fully saturated rings. The molecule has 4 nitrogen and oxygen atoms in total. The van der Waals surface area contributed by atoms with Gasteiger partial charge in [-0.3, -0.25) is 9.69 Å². The monoisotopic (exact) mass is 346 g/mol. The van der Waals surface area contributed by atoms with Crippen molar-refractivity contribution in [1.29, 1.82) is 0 Å². The average molecular weight is 347 g/mol. The highest BCUT2D eigenvalue weighted by molar-refractivity contribution is 5.87. The average Bonchev–Trinajstić information content (AvgIpc) is 2.53. The summed E-state index contributed by atoms with van der Waals surface area (Å²) in [5.74, 6) is 0.102. The summed E-state index contributed by atoms with van der Waals surface area (Å²) in [6, 6.07) is 8.23. The van der Waals surface area contributed by atoms with Gasteiger partial charge in [-0.15, -0.1) is 0 Å². The maximum absolute atomic E-state index is 12.6. The van der Waals surface area contributed by atoms with E-state index in [2.05, 4.69) is 55.3 Å². The van der Waals surface area contributed by atoms with E-state index in [0.29, 0.717) is 12.2 Å². The summed E-state index contributed by atoms with van der Waals surface area (Å²) >= 11 is 0. The Bertz CT molecular complexity index is 544. The molecular weight excluding hydrogens is 312 g/mol. The number of carbonyl (C=O) groups is 1. The number of nitrogens with zero attached hydrogens (tertiary/aromatic N) is 1. The fraction of sp³-hybridized carbons (Fsp3) is 0.667. The summed E-state index contributed by atoms with van der Waals surface area (Å²) in [5, 5.41) is 3.11. The van der Waals surface area contributed by atoms with E-state index in [0.717, 1.165) is 44.6 Å². The molecule has 0 aliphatic carbocycles. The highest BCUT2D eigenvalue weighted by Gasteiger charge is 2.29. The first-order valence-corrected chi connectivity index (χ1v) is 9.52. The minimum absolute atomic E-state index is 0.102. The summed E-state index contributed by atoms with van der Waals surface area (Å²) in [4.78, 5) is 15.0. The van der Waals surface area contributed by atoms with Crippen molar-refractivity contribution in [3.63, 3.8) is 0 Å². The van der Waals surface area contributed by atoms with Crippen molar-refractivity contribution in [1.82, 2.24) is 10.2 Å². The van der Waals surface area contributed by atoms with Crippen LogP contribution < -0.4 is 5.32 Å². The minimum atomic E-state index is -0.497. The Morgan fingerprint density at radius 2 is 1.76 bits per heavy atom. The number of unbranched alkanes of at least 4 members (excludes halogenated alkanes) is 1. The Labute approximate surface area is 152 Å². The normalized spacial score (nSPS) is 22.0. The Morgan fingerprint density at radius 1 is 1.16 bits per heavy atom. The molecule has 0 saturated carbocycles. The lowest BCUT2D eigenvalue weighted by atomic mass is 9.83. The highest BCUT2D eigenvalue weighted by Crippen LogP contribution is 2.23. The fourth-order valence-corrected chi connectivity index (χ4v) is 3.45. The van der Waals surface area contributed by atoms with E-state index < -0.39 is 5.41 Å². The minimum Gasteiger partial charge on any atom is -0.373 e. The van der Waals surface area contributed by atoms with Crippen molar-refractivity contribution < 1.29 is 9.53 Å². The molecule has 1 saturated heterocycles. The van der Waals surface area contributed by atoms with Gasteiger partial charge in [-0.25, -0.2) is 0 Å². The van der Waals surface area contributed by atoms with Crippen LogP contribution in [-0.2, 0) is 14.9 Å². The van der Waals surface area contributed by atoms with E-state index in [1.807, 2.05) is 13.8 Å². The summed E-state index contributed by atoms with van der Waals surface area (Å²) in [6.45, 7) is 14.2. The molecule has 4 heteroatoms. The Morgan fingerprint density at radius 3 is 2.36 bits per heavy atom. The number of aryl methyl sites for hydroxylation is 1. The van der Waals surface area contributed by atoms with Gasteiger partial charge in [-0.05, 0) is 59.6 Å². The number of morpholine rings is 1. The molecule has 0 aromatic heterocycles. The first-order valence-electron chi connectivity index (χ1n) is 9.52. The molecule has 0 bridgehead atoms. The molecule has 0 unspecified atom stereocenters. The third kappa shape index (κ3) is 5.82. The number of rotatable bonds is 7. The number of ether oxygens (including phenoxy) is 1. The summed E-state index contributed by atoms with van der Waals surface area (Å²) < 4.78 is 5.76. The van der Waals surface area contributed by atoms with Gasteiger partial charge in [0.05, 0.1) is 17.6 Å². The smallest absolute Gasteiger partial charge is 0.230 e. The van der Waals surface area contributed by atoms with Crippen LogP contribution >= 0.6 is 0 Å². The molecule has 0 radical (unpaired) electrons. The van der Waals surface area contributed by atoms with Crippen molar-refractivity contribution >= 4 is 5.91 Å². The van der Waals surface area contributed by atoms with Crippen LogP contribution in [0, 0.1) is 6.92 Å². The van der Waals surface area contributed by atoms with Crippen LogP contribution in [0.5, 0.6) is 0 Å². The second kappa shape index (κ2) is 8.81. The molecule has 140 valence electrons. The van der Waals surface area contributed by atoms with Crippen LogP contribution in [0.15, 0.2) is 24.3 Å². The van der Waals surface area contributed by atoms with Gasteiger partial charge in [0.15, 0.2) is 0 Å². The topological polar surface area (TPSA) is 41.6 Å². The fourth-order valence-electron chi connectivity index (χ4n) is 3.45. The van der Waals surface area contributed by atoms with Gasteiger partial charge >= 0.3 is 0 Å². The van der Waals surface area contributed by atoms with Crippen molar-refractivity contribution in [2.45, 2.75) is 65.1 Å².